The van der Waals surface area contributed by atoms with Crippen LogP contribution in [0, 0.1) is 0 Å². The Labute approximate surface area is 44.0 Å². The molecule has 0 amide bonds. The standard InChI is InChI=1S/C6H10N/c1-3-7-5-4-6(7)2/h4-5H,3H2,1-2H3/q+1. The van der Waals surface area contributed by atoms with Crippen LogP contribution in [0.25, 0.3) is 0 Å². The maximum absolute atomic E-state index is 2.21. The largest absolute Gasteiger partial charge is 0.203 e. The summed E-state index contributed by atoms with van der Waals surface area (Å²) in [6.07, 6.45) is 4.21. The highest BCUT2D eigenvalue weighted by molar-refractivity contribution is 5.91. The molecule has 7 heavy (non-hydrogen) atoms. The Morgan fingerprint density at radius 2 is 2.43 bits per heavy atom. The van der Waals surface area contributed by atoms with Crippen LogP contribution in [-0.2, 0) is 0 Å². The van der Waals surface area contributed by atoms with Gasteiger partial charge in [-0.1, -0.05) is 0 Å². The van der Waals surface area contributed by atoms with Crippen LogP contribution in [0.3, 0.4) is 0 Å². The lowest BCUT2D eigenvalue weighted by Gasteiger charge is -2.00. The van der Waals surface area contributed by atoms with E-state index in [9.17, 15) is 0 Å². The molecule has 0 N–H and O–H groups in total. The second-order valence-corrected chi connectivity index (χ2v) is 1.74. The van der Waals surface area contributed by atoms with Gasteiger partial charge < -0.3 is 0 Å². The number of nitrogens with zero attached hydrogens (tertiary/aromatic N) is 1. The Morgan fingerprint density at radius 1 is 1.71 bits per heavy atom. The minimum absolute atomic E-state index is 1.11. The topological polar surface area (TPSA) is 3.01 Å². The first-order chi connectivity index (χ1) is 3.34. The molecule has 1 aliphatic heterocycles. The van der Waals surface area contributed by atoms with Crippen LogP contribution in [0.4, 0.5) is 0 Å². The van der Waals surface area contributed by atoms with Gasteiger partial charge in [-0.25, -0.2) is 4.58 Å². The number of allylic oxidation sites excluding steroid dienone is 1. The third-order valence-electron chi connectivity index (χ3n) is 1.29. The third-order valence-corrected chi connectivity index (χ3v) is 1.29. The lowest BCUT2D eigenvalue weighted by atomic mass is 10.3. The monoisotopic (exact) mass is 96.1 g/mol. The highest BCUT2D eigenvalue weighted by Crippen LogP contribution is 1.93. The molecule has 0 spiro atoms. The molecule has 0 aromatic rings. The summed E-state index contributed by atoms with van der Waals surface area (Å²) in [7, 11) is 0. The summed E-state index contributed by atoms with van der Waals surface area (Å²) in [5, 5.41) is 0. The number of rotatable bonds is 1. The quantitative estimate of drug-likeness (QED) is 0.428. The molecule has 0 aromatic carbocycles. The lowest BCUT2D eigenvalue weighted by Crippen LogP contribution is -2.18. The maximum Gasteiger partial charge on any atom is 0.184 e. The van der Waals surface area contributed by atoms with Gasteiger partial charge in [-0.05, 0) is 6.92 Å². The number of hydrogen-bond acceptors (Lipinski definition) is 0. The van der Waals surface area contributed by atoms with E-state index in [0.717, 1.165) is 6.54 Å². The summed E-state index contributed by atoms with van der Waals surface area (Å²) < 4.78 is 2.21. The van der Waals surface area contributed by atoms with E-state index < -0.39 is 0 Å². The van der Waals surface area contributed by atoms with Gasteiger partial charge in [0, 0.05) is 6.92 Å². The summed E-state index contributed by atoms with van der Waals surface area (Å²) in [5.74, 6) is 0. The molecule has 0 aromatic heterocycles. The highest BCUT2D eigenvalue weighted by Gasteiger charge is 2.09. The van der Waals surface area contributed by atoms with E-state index in [1.807, 2.05) is 0 Å². The molecule has 1 nitrogen and oxygen atoms in total. The molecule has 38 valence electrons. The first-order valence-corrected chi connectivity index (χ1v) is 2.63. The maximum atomic E-state index is 2.21. The third kappa shape index (κ3) is 0.581. The van der Waals surface area contributed by atoms with Crippen LogP contribution in [-0.4, -0.2) is 16.8 Å². The second-order valence-electron chi connectivity index (χ2n) is 1.74. The molecule has 0 fully saturated rings. The molecule has 1 heterocycles. The van der Waals surface area contributed by atoms with Crippen molar-refractivity contribution >= 4 is 5.71 Å². The van der Waals surface area contributed by atoms with Crippen molar-refractivity contribution in [3.8, 4) is 0 Å². The molecular formula is C6H10N+. The minimum Gasteiger partial charge on any atom is -0.203 e. The smallest absolute Gasteiger partial charge is 0.184 e. The zero-order valence-electron chi connectivity index (χ0n) is 4.81. The predicted octanol–water partition coefficient (Wildman–Crippen LogP) is 1.01. The molecule has 0 saturated carbocycles. The van der Waals surface area contributed by atoms with Gasteiger partial charge in [0.2, 0.25) is 0 Å². The predicted molar refractivity (Wildman–Crippen MR) is 30.6 cm³/mol. The van der Waals surface area contributed by atoms with Gasteiger partial charge in [0.15, 0.2) is 11.9 Å². The Hall–Kier alpha value is -0.590. The van der Waals surface area contributed by atoms with Gasteiger partial charge in [0.1, 0.15) is 6.54 Å². The fraction of sp³-hybridized carbons (Fsp3) is 0.500. The molecule has 0 aliphatic carbocycles. The SMILES string of the molecule is CC[N+]1=C(C)C=C1. The molecule has 0 radical (unpaired) electrons. The Balaban J connectivity index is 2.56. The zero-order chi connectivity index (χ0) is 5.28. The van der Waals surface area contributed by atoms with Crippen LogP contribution in [0.1, 0.15) is 13.8 Å². The number of hydrogen-bond donors (Lipinski definition) is 0. The van der Waals surface area contributed by atoms with Gasteiger partial charge in [-0.2, -0.15) is 0 Å². The summed E-state index contributed by atoms with van der Waals surface area (Å²) in [5.41, 5.74) is 1.38. The summed E-state index contributed by atoms with van der Waals surface area (Å²) in [6, 6.07) is 0. The van der Waals surface area contributed by atoms with Crippen molar-refractivity contribution in [3.05, 3.63) is 12.3 Å². The summed E-state index contributed by atoms with van der Waals surface area (Å²) in [6.45, 7) is 5.37. The first-order valence-electron chi connectivity index (χ1n) is 2.63. The molecule has 1 rings (SSSR count). The van der Waals surface area contributed by atoms with Crippen molar-refractivity contribution in [2.75, 3.05) is 6.54 Å². The van der Waals surface area contributed by atoms with E-state index in [-0.39, 0.29) is 0 Å². The summed E-state index contributed by atoms with van der Waals surface area (Å²) in [4.78, 5) is 0. The van der Waals surface area contributed by atoms with Crippen molar-refractivity contribution in [2.45, 2.75) is 13.8 Å². The average molecular weight is 96.2 g/mol. The molecule has 0 saturated heterocycles. The van der Waals surface area contributed by atoms with E-state index in [1.165, 1.54) is 5.71 Å². The molecule has 1 heteroatoms. The van der Waals surface area contributed by atoms with Gasteiger partial charge in [-0.15, -0.1) is 0 Å². The molecular weight excluding hydrogens is 86.1 g/mol. The Kier molecular flexibility index (Phi) is 0.970. The highest BCUT2D eigenvalue weighted by atomic mass is 15.0. The average Bonchev–Trinajstić information content (AvgIpc) is 1.65. The van der Waals surface area contributed by atoms with Crippen LogP contribution >= 0.6 is 0 Å². The van der Waals surface area contributed by atoms with Gasteiger partial charge in [0.05, 0.1) is 6.08 Å². The Bertz CT molecular complexity index is 131. The van der Waals surface area contributed by atoms with Crippen molar-refractivity contribution in [1.29, 1.82) is 0 Å². The molecule has 1 aliphatic rings. The van der Waals surface area contributed by atoms with Crippen molar-refractivity contribution in [3.63, 3.8) is 0 Å². The molecule has 0 bridgehead atoms. The van der Waals surface area contributed by atoms with Crippen molar-refractivity contribution in [2.24, 2.45) is 0 Å². The van der Waals surface area contributed by atoms with Crippen molar-refractivity contribution in [1.82, 2.24) is 0 Å². The minimum atomic E-state index is 1.11. The van der Waals surface area contributed by atoms with E-state index in [0.29, 0.717) is 0 Å². The van der Waals surface area contributed by atoms with Gasteiger partial charge in [0.25, 0.3) is 0 Å². The van der Waals surface area contributed by atoms with Crippen LogP contribution in [0.5, 0.6) is 0 Å². The molecule has 0 unspecified atom stereocenters. The van der Waals surface area contributed by atoms with Gasteiger partial charge in [-0.3, -0.25) is 0 Å². The van der Waals surface area contributed by atoms with E-state index in [1.54, 1.807) is 0 Å². The lowest BCUT2D eigenvalue weighted by molar-refractivity contribution is -0.463. The van der Waals surface area contributed by atoms with Crippen molar-refractivity contribution < 1.29 is 4.58 Å². The van der Waals surface area contributed by atoms with E-state index in [2.05, 4.69) is 30.7 Å². The molecule has 0 atom stereocenters. The van der Waals surface area contributed by atoms with Crippen LogP contribution < -0.4 is 0 Å². The fourth-order valence-corrected chi connectivity index (χ4v) is 0.684. The fourth-order valence-electron chi connectivity index (χ4n) is 0.684. The van der Waals surface area contributed by atoms with E-state index >= 15 is 0 Å². The van der Waals surface area contributed by atoms with Crippen LogP contribution in [0.15, 0.2) is 12.3 Å². The summed E-state index contributed by atoms with van der Waals surface area (Å²) >= 11 is 0. The first kappa shape index (κ1) is 4.57. The van der Waals surface area contributed by atoms with E-state index in [4.69, 9.17) is 0 Å². The van der Waals surface area contributed by atoms with Crippen LogP contribution in [0.2, 0.25) is 0 Å². The normalized spacial score (nSPS) is 17.4. The Morgan fingerprint density at radius 3 is 2.43 bits per heavy atom. The van der Waals surface area contributed by atoms with Gasteiger partial charge >= 0.3 is 0 Å². The zero-order valence-corrected chi connectivity index (χ0v) is 4.81. The second kappa shape index (κ2) is 1.49.